The topological polar surface area (TPSA) is 69.3 Å². The van der Waals surface area contributed by atoms with E-state index in [0.29, 0.717) is 23.7 Å². The molecule has 0 aliphatic carbocycles. The van der Waals surface area contributed by atoms with E-state index in [0.717, 1.165) is 5.56 Å². The van der Waals surface area contributed by atoms with Gasteiger partial charge < -0.3 is 15.8 Å². The van der Waals surface area contributed by atoms with E-state index in [1.165, 1.54) is 10.6 Å². The number of pyridine rings is 1. The SMILES string of the molecule is CCOCc1cc(N)c(Nc2ccc(C)cc2F)n(C)c1=O. The first-order valence-corrected chi connectivity index (χ1v) is 7.03. The van der Waals surface area contributed by atoms with E-state index in [-0.39, 0.29) is 17.9 Å². The van der Waals surface area contributed by atoms with Crippen LogP contribution in [0.5, 0.6) is 0 Å². The average Bonchev–Trinajstić information content (AvgIpc) is 2.48. The first kappa shape index (κ1) is 16.0. The number of hydrogen-bond donors (Lipinski definition) is 2. The molecule has 0 spiro atoms. The molecule has 2 rings (SSSR count). The van der Waals surface area contributed by atoms with Gasteiger partial charge >= 0.3 is 0 Å². The summed E-state index contributed by atoms with van der Waals surface area (Å²) in [5.41, 5.74) is 7.68. The van der Waals surface area contributed by atoms with Gasteiger partial charge in [0.05, 0.1) is 18.0 Å². The van der Waals surface area contributed by atoms with Gasteiger partial charge in [0, 0.05) is 19.2 Å². The van der Waals surface area contributed by atoms with E-state index in [1.54, 1.807) is 32.2 Å². The van der Waals surface area contributed by atoms with Crippen LogP contribution < -0.4 is 16.6 Å². The second kappa shape index (κ2) is 6.62. The zero-order chi connectivity index (χ0) is 16.3. The number of nitrogen functional groups attached to an aromatic ring is 1. The Balaban J connectivity index is 2.39. The summed E-state index contributed by atoms with van der Waals surface area (Å²) in [6.45, 7) is 4.37. The van der Waals surface area contributed by atoms with E-state index in [2.05, 4.69) is 5.32 Å². The van der Waals surface area contributed by atoms with E-state index in [1.807, 2.05) is 6.92 Å². The lowest BCUT2D eigenvalue weighted by Gasteiger charge is -2.16. The Hall–Kier alpha value is -2.34. The molecule has 0 saturated heterocycles. The van der Waals surface area contributed by atoms with Crippen LogP contribution >= 0.6 is 0 Å². The first-order chi connectivity index (χ1) is 10.4. The van der Waals surface area contributed by atoms with Gasteiger partial charge in [0.15, 0.2) is 0 Å². The molecule has 0 amide bonds. The highest BCUT2D eigenvalue weighted by molar-refractivity contribution is 5.70. The summed E-state index contributed by atoms with van der Waals surface area (Å²) in [6, 6.07) is 6.37. The summed E-state index contributed by atoms with van der Waals surface area (Å²) < 4.78 is 20.6. The molecule has 0 bridgehead atoms. The van der Waals surface area contributed by atoms with Gasteiger partial charge in [-0.25, -0.2) is 4.39 Å². The Labute approximate surface area is 128 Å². The molecule has 0 radical (unpaired) electrons. The normalized spacial score (nSPS) is 10.7. The highest BCUT2D eigenvalue weighted by Gasteiger charge is 2.12. The van der Waals surface area contributed by atoms with Gasteiger partial charge in [-0.15, -0.1) is 0 Å². The fraction of sp³-hybridized carbons (Fsp3) is 0.312. The van der Waals surface area contributed by atoms with Gasteiger partial charge in [0.25, 0.3) is 5.56 Å². The van der Waals surface area contributed by atoms with Crippen molar-refractivity contribution in [3.63, 3.8) is 0 Å². The smallest absolute Gasteiger partial charge is 0.257 e. The molecule has 3 N–H and O–H groups in total. The summed E-state index contributed by atoms with van der Waals surface area (Å²) in [7, 11) is 1.59. The third-order valence-electron chi connectivity index (χ3n) is 3.36. The number of ether oxygens (including phenoxy) is 1. The summed E-state index contributed by atoms with van der Waals surface area (Å²) in [4.78, 5) is 12.3. The third-order valence-corrected chi connectivity index (χ3v) is 3.36. The number of aromatic nitrogens is 1. The fourth-order valence-electron chi connectivity index (χ4n) is 2.15. The van der Waals surface area contributed by atoms with E-state index >= 15 is 0 Å². The molecule has 0 fully saturated rings. The lowest BCUT2D eigenvalue weighted by atomic mass is 10.2. The average molecular weight is 305 g/mol. The number of hydrogen-bond acceptors (Lipinski definition) is 4. The number of rotatable bonds is 5. The van der Waals surface area contributed by atoms with Crippen LogP contribution in [0.1, 0.15) is 18.1 Å². The van der Waals surface area contributed by atoms with Crippen LogP contribution in [0.15, 0.2) is 29.1 Å². The minimum absolute atomic E-state index is 0.201. The zero-order valence-electron chi connectivity index (χ0n) is 12.9. The highest BCUT2D eigenvalue weighted by atomic mass is 19.1. The second-order valence-electron chi connectivity index (χ2n) is 5.08. The number of nitrogens with two attached hydrogens (primary N) is 1. The third kappa shape index (κ3) is 3.28. The first-order valence-electron chi connectivity index (χ1n) is 7.03. The van der Waals surface area contributed by atoms with Crippen molar-refractivity contribution in [2.75, 3.05) is 17.7 Å². The van der Waals surface area contributed by atoms with Crippen LogP contribution in [0.3, 0.4) is 0 Å². The molecule has 6 heteroatoms. The maximum absolute atomic E-state index is 13.9. The molecule has 0 atom stereocenters. The van der Waals surface area contributed by atoms with Crippen LogP contribution in [0.25, 0.3) is 0 Å². The number of halogens is 1. The van der Waals surface area contributed by atoms with Crippen molar-refractivity contribution >= 4 is 17.2 Å². The van der Waals surface area contributed by atoms with Crippen molar-refractivity contribution in [1.82, 2.24) is 4.57 Å². The monoisotopic (exact) mass is 305 g/mol. The van der Waals surface area contributed by atoms with Crippen molar-refractivity contribution in [2.24, 2.45) is 7.05 Å². The van der Waals surface area contributed by atoms with Crippen molar-refractivity contribution in [3.8, 4) is 0 Å². The Morgan fingerprint density at radius 3 is 2.73 bits per heavy atom. The van der Waals surface area contributed by atoms with Crippen molar-refractivity contribution < 1.29 is 9.13 Å². The molecule has 0 unspecified atom stereocenters. The molecule has 2 aromatic rings. The highest BCUT2D eigenvalue weighted by Crippen LogP contribution is 2.24. The number of anilines is 3. The number of benzene rings is 1. The molecule has 0 saturated carbocycles. The van der Waals surface area contributed by atoms with Crippen LogP contribution in [-0.2, 0) is 18.4 Å². The summed E-state index contributed by atoms with van der Waals surface area (Å²) >= 11 is 0. The molecule has 22 heavy (non-hydrogen) atoms. The Bertz CT molecular complexity index is 741. The van der Waals surface area contributed by atoms with Gasteiger partial charge in [-0.2, -0.15) is 0 Å². The van der Waals surface area contributed by atoms with E-state index in [9.17, 15) is 9.18 Å². The van der Waals surface area contributed by atoms with Crippen molar-refractivity contribution in [3.05, 3.63) is 51.6 Å². The molecule has 0 aliphatic rings. The van der Waals surface area contributed by atoms with Crippen LogP contribution in [0.4, 0.5) is 21.6 Å². The van der Waals surface area contributed by atoms with Gasteiger partial charge in [0.1, 0.15) is 11.6 Å². The maximum Gasteiger partial charge on any atom is 0.257 e. The van der Waals surface area contributed by atoms with Gasteiger partial charge in [-0.05, 0) is 37.6 Å². The van der Waals surface area contributed by atoms with E-state index < -0.39 is 5.82 Å². The number of nitrogens with one attached hydrogen (secondary N) is 1. The Kier molecular flexibility index (Phi) is 4.82. The predicted molar refractivity (Wildman–Crippen MR) is 85.8 cm³/mol. The lowest BCUT2D eigenvalue weighted by Crippen LogP contribution is -2.25. The Morgan fingerprint density at radius 2 is 2.09 bits per heavy atom. The van der Waals surface area contributed by atoms with Crippen molar-refractivity contribution in [2.45, 2.75) is 20.5 Å². The molecule has 1 aromatic heterocycles. The summed E-state index contributed by atoms with van der Waals surface area (Å²) in [5, 5.41) is 2.88. The van der Waals surface area contributed by atoms with Gasteiger partial charge in [0.2, 0.25) is 0 Å². The molecular weight excluding hydrogens is 285 g/mol. The number of aryl methyl sites for hydroxylation is 1. The van der Waals surface area contributed by atoms with Crippen LogP contribution in [0.2, 0.25) is 0 Å². The molecular formula is C16H20FN3O2. The zero-order valence-corrected chi connectivity index (χ0v) is 12.9. The minimum atomic E-state index is -0.398. The lowest BCUT2D eigenvalue weighted by molar-refractivity contribution is 0.133. The summed E-state index contributed by atoms with van der Waals surface area (Å²) in [5.74, 6) is -0.0433. The van der Waals surface area contributed by atoms with E-state index in [4.69, 9.17) is 10.5 Å². The maximum atomic E-state index is 13.9. The van der Waals surface area contributed by atoms with Crippen molar-refractivity contribution in [1.29, 1.82) is 0 Å². The molecule has 1 aromatic carbocycles. The Morgan fingerprint density at radius 1 is 1.36 bits per heavy atom. The second-order valence-corrected chi connectivity index (χ2v) is 5.08. The minimum Gasteiger partial charge on any atom is -0.396 e. The van der Waals surface area contributed by atoms with Gasteiger partial charge in [-0.3, -0.25) is 9.36 Å². The number of nitrogens with zero attached hydrogens (tertiary/aromatic N) is 1. The standard InChI is InChI=1S/C16H20FN3O2/c1-4-22-9-11-8-13(18)15(20(3)16(11)21)19-14-6-5-10(2)7-12(14)17/h5-8,19H,4,9,18H2,1-3H3. The fourth-order valence-corrected chi connectivity index (χ4v) is 2.15. The quantitative estimate of drug-likeness (QED) is 0.891. The largest absolute Gasteiger partial charge is 0.396 e. The molecule has 0 aliphatic heterocycles. The summed E-state index contributed by atoms with van der Waals surface area (Å²) in [6.07, 6.45) is 0. The van der Waals surface area contributed by atoms with Crippen LogP contribution in [0, 0.1) is 12.7 Å². The molecule has 5 nitrogen and oxygen atoms in total. The van der Waals surface area contributed by atoms with Crippen LogP contribution in [-0.4, -0.2) is 11.2 Å². The van der Waals surface area contributed by atoms with Gasteiger partial charge in [-0.1, -0.05) is 6.07 Å². The predicted octanol–water partition coefficient (Wildman–Crippen LogP) is 2.70. The molecule has 118 valence electrons. The molecule has 1 heterocycles.